The first kappa shape index (κ1) is 20.1. The minimum atomic E-state index is -4.61. The van der Waals surface area contributed by atoms with Crippen molar-refractivity contribution in [3.63, 3.8) is 0 Å². The number of aryl methyl sites for hydroxylation is 1. The van der Waals surface area contributed by atoms with Gasteiger partial charge in [-0.15, -0.1) is 0 Å². The number of fused-ring (bicyclic) bond motifs is 1. The Balaban J connectivity index is 0.00000225. The van der Waals surface area contributed by atoms with Crippen molar-refractivity contribution in [1.82, 2.24) is 0 Å². The van der Waals surface area contributed by atoms with Crippen molar-refractivity contribution < 1.29 is 42.5 Å². The summed E-state index contributed by atoms with van der Waals surface area (Å²) in [5.41, 5.74) is 2.23. The van der Waals surface area contributed by atoms with Crippen molar-refractivity contribution in [2.24, 2.45) is 0 Å². The summed E-state index contributed by atoms with van der Waals surface area (Å²) in [6.45, 7) is 2.09. The van der Waals surface area contributed by atoms with Crippen molar-refractivity contribution in [3.05, 3.63) is 66.2 Å². The maximum absolute atomic E-state index is 12.1. The predicted molar refractivity (Wildman–Crippen MR) is 96.0 cm³/mol. The summed E-state index contributed by atoms with van der Waals surface area (Å²) < 4.78 is 36.3. The van der Waals surface area contributed by atoms with Crippen LogP contribution in [0.4, 0.5) is 0 Å². The largest absolute Gasteiger partial charge is 1.00 e. The van der Waals surface area contributed by atoms with Crippen LogP contribution in [-0.4, -0.2) is 13.0 Å². The zero-order valence-corrected chi connectivity index (χ0v) is 17.3. The molecule has 0 fully saturated rings. The van der Waals surface area contributed by atoms with E-state index in [1.165, 1.54) is 0 Å². The molecule has 0 spiro atoms. The molecule has 0 aliphatic carbocycles. The fourth-order valence-corrected chi connectivity index (χ4v) is 4.07. The molecule has 124 valence electrons. The molecule has 0 amide bonds. The summed E-state index contributed by atoms with van der Waals surface area (Å²) in [7, 11) is -4.61. The van der Waals surface area contributed by atoms with E-state index in [-0.39, 0.29) is 34.5 Å². The first-order valence-corrected chi connectivity index (χ1v) is 9.49. The van der Waals surface area contributed by atoms with E-state index in [9.17, 15) is 13.0 Å². The molecule has 0 unspecified atom stereocenters. The van der Waals surface area contributed by atoms with Gasteiger partial charge in [-0.25, -0.2) is 8.42 Å². The topological polar surface area (TPSA) is 57.2 Å². The van der Waals surface area contributed by atoms with Crippen molar-refractivity contribution >= 4 is 20.9 Å². The van der Waals surface area contributed by atoms with Crippen molar-refractivity contribution in [1.29, 1.82) is 0 Å². The van der Waals surface area contributed by atoms with Gasteiger partial charge in [0, 0.05) is 5.56 Å². The second-order valence-electron chi connectivity index (χ2n) is 5.88. The summed E-state index contributed by atoms with van der Waals surface area (Å²) >= 11 is 0. The number of hydrogen-bond donors (Lipinski definition) is 0. The van der Waals surface area contributed by atoms with Crippen LogP contribution in [0, 0.1) is 0 Å². The summed E-state index contributed by atoms with van der Waals surface area (Å²) in [6, 6.07) is 18.5. The number of unbranched alkanes of at least 4 members (excludes halogenated alkanes) is 1. The van der Waals surface area contributed by atoms with E-state index in [0.29, 0.717) is 10.9 Å². The normalized spacial score (nSPS) is 11.3. The third kappa shape index (κ3) is 4.33. The Morgan fingerprint density at radius 3 is 2.24 bits per heavy atom. The van der Waals surface area contributed by atoms with Crippen LogP contribution in [0.5, 0.6) is 0 Å². The summed E-state index contributed by atoms with van der Waals surface area (Å²) in [5.74, 6) is 0. The van der Waals surface area contributed by atoms with Crippen LogP contribution in [0.1, 0.15) is 25.3 Å². The minimum Gasteiger partial charge on any atom is -0.744 e. The Morgan fingerprint density at radius 1 is 0.960 bits per heavy atom. The summed E-state index contributed by atoms with van der Waals surface area (Å²) in [6.07, 6.45) is 2.69. The Hall–Kier alpha value is -1.17. The van der Waals surface area contributed by atoms with Gasteiger partial charge in [-0.2, -0.15) is 0 Å². The van der Waals surface area contributed by atoms with Crippen LogP contribution in [-0.2, 0) is 16.5 Å². The number of hydrogen-bond acceptors (Lipinski definition) is 3. The van der Waals surface area contributed by atoms with Crippen LogP contribution in [0.25, 0.3) is 21.9 Å². The van der Waals surface area contributed by atoms with Crippen molar-refractivity contribution in [2.45, 2.75) is 31.1 Å². The van der Waals surface area contributed by atoms with Gasteiger partial charge in [0.1, 0.15) is 10.1 Å². The van der Waals surface area contributed by atoms with Crippen molar-refractivity contribution in [3.8, 4) is 11.1 Å². The molecule has 3 nitrogen and oxygen atoms in total. The average Bonchev–Trinajstić information content (AvgIpc) is 2.58. The molecule has 0 bridgehead atoms. The van der Waals surface area contributed by atoms with E-state index in [2.05, 4.69) is 6.92 Å². The standard InChI is InChI=1S/C20H20O3S.Na/c1-2-3-9-17-14-16-12-7-8-13-18(16)20(24(21,22)23)19(17)15-10-5-4-6-11-15;/h4-8,10-14H,2-3,9H2,1H3,(H,21,22,23);/q;+1/p-1. The van der Waals surface area contributed by atoms with Crippen LogP contribution in [0.3, 0.4) is 0 Å². The smallest absolute Gasteiger partial charge is 0.744 e. The molecule has 5 heteroatoms. The minimum absolute atomic E-state index is 0. The molecule has 0 aromatic heterocycles. The van der Waals surface area contributed by atoms with E-state index in [1.54, 1.807) is 12.1 Å². The van der Waals surface area contributed by atoms with Gasteiger partial charge in [0.05, 0.1) is 4.90 Å². The zero-order chi connectivity index (χ0) is 17.2. The summed E-state index contributed by atoms with van der Waals surface area (Å²) in [5, 5.41) is 1.28. The molecule has 0 aliphatic heterocycles. The fourth-order valence-electron chi connectivity index (χ4n) is 3.12. The molecule has 3 aromatic rings. The zero-order valence-electron chi connectivity index (χ0n) is 14.5. The Kier molecular flexibility index (Phi) is 6.83. The SMILES string of the molecule is CCCCc1cc2ccccc2c(S(=O)(=O)[O-])c1-c1ccccc1.[Na+]. The van der Waals surface area contributed by atoms with Gasteiger partial charge in [-0.3, -0.25) is 0 Å². The molecule has 0 aliphatic rings. The molecule has 0 atom stereocenters. The monoisotopic (exact) mass is 362 g/mol. The van der Waals surface area contributed by atoms with E-state index < -0.39 is 10.1 Å². The van der Waals surface area contributed by atoms with E-state index in [1.807, 2.05) is 48.5 Å². The number of rotatable bonds is 5. The third-order valence-electron chi connectivity index (χ3n) is 4.20. The molecular formula is C20H19NaO3S. The molecule has 0 N–H and O–H groups in total. The van der Waals surface area contributed by atoms with Crippen LogP contribution < -0.4 is 29.6 Å². The van der Waals surface area contributed by atoms with E-state index >= 15 is 0 Å². The molecule has 0 saturated heterocycles. The van der Waals surface area contributed by atoms with Crippen LogP contribution in [0.2, 0.25) is 0 Å². The first-order valence-electron chi connectivity index (χ1n) is 8.08. The van der Waals surface area contributed by atoms with Gasteiger partial charge < -0.3 is 4.55 Å². The average molecular weight is 362 g/mol. The maximum Gasteiger partial charge on any atom is 1.00 e. The van der Waals surface area contributed by atoms with E-state index in [0.717, 1.165) is 35.8 Å². The van der Waals surface area contributed by atoms with Gasteiger partial charge in [0.25, 0.3) is 0 Å². The van der Waals surface area contributed by atoms with Gasteiger partial charge in [-0.05, 0) is 34.7 Å². The molecule has 25 heavy (non-hydrogen) atoms. The van der Waals surface area contributed by atoms with Gasteiger partial charge in [0.15, 0.2) is 0 Å². The molecule has 3 rings (SSSR count). The first-order chi connectivity index (χ1) is 11.5. The maximum atomic E-state index is 12.1. The van der Waals surface area contributed by atoms with Gasteiger partial charge >= 0.3 is 29.6 Å². The predicted octanol–water partition coefficient (Wildman–Crippen LogP) is 1.76. The van der Waals surface area contributed by atoms with Crippen LogP contribution >= 0.6 is 0 Å². The Labute approximate surface area is 171 Å². The number of benzene rings is 3. The fraction of sp³-hybridized carbons (Fsp3) is 0.200. The van der Waals surface area contributed by atoms with Crippen LogP contribution in [0.15, 0.2) is 65.6 Å². The van der Waals surface area contributed by atoms with Gasteiger partial charge in [0.2, 0.25) is 0 Å². The summed E-state index contributed by atoms with van der Waals surface area (Å²) in [4.78, 5) is -0.0992. The second-order valence-corrected chi connectivity index (χ2v) is 7.20. The molecule has 0 saturated carbocycles. The quantitative estimate of drug-likeness (QED) is 0.513. The Bertz CT molecular complexity index is 967. The van der Waals surface area contributed by atoms with Crippen molar-refractivity contribution in [2.75, 3.05) is 0 Å². The van der Waals surface area contributed by atoms with E-state index in [4.69, 9.17) is 0 Å². The molecular weight excluding hydrogens is 343 g/mol. The molecule has 3 aromatic carbocycles. The van der Waals surface area contributed by atoms with Gasteiger partial charge in [-0.1, -0.05) is 74.0 Å². The molecule has 0 radical (unpaired) electrons. The Morgan fingerprint density at radius 2 is 1.60 bits per heavy atom. The molecule has 0 heterocycles. The third-order valence-corrected chi connectivity index (χ3v) is 5.12. The second kappa shape index (κ2) is 8.47.